The largest absolute Gasteiger partial charge is 0.277 e. The van der Waals surface area contributed by atoms with Gasteiger partial charge in [-0.3, -0.25) is 9.89 Å². The molecule has 1 atom stereocenters. The number of nitrogens with zero attached hydrogens (tertiary/aromatic N) is 3. The highest BCUT2D eigenvalue weighted by molar-refractivity contribution is 7.91. The lowest BCUT2D eigenvalue weighted by molar-refractivity contribution is 0.601. The van der Waals surface area contributed by atoms with Gasteiger partial charge < -0.3 is 0 Å². The van der Waals surface area contributed by atoms with E-state index in [2.05, 4.69) is 15.1 Å². The molecule has 0 spiro atoms. The van der Waals surface area contributed by atoms with Crippen molar-refractivity contribution in [1.29, 1.82) is 0 Å². The number of aromatic nitrogens is 4. The van der Waals surface area contributed by atoms with Crippen LogP contribution < -0.4 is 5.56 Å². The Morgan fingerprint density at radius 1 is 1.39 bits per heavy atom. The first kappa shape index (κ1) is 14.6. The molecule has 3 aromatic heterocycles. The summed E-state index contributed by atoms with van der Waals surface area (Å²) in [6, 6.07) is 3.81. The summed E-state index contributed by atoms with van der Waals surface area (Å²) in [5.41, 5.74) is 0.774. The molecule has 0 aliphatic carbocycles. The van der Waals surface area contributed by atoms with E-state index < -0.39 is 9.84 Å². The molecule has 3 aromatic rings. The second-order valence-electron chi connectivity index (χ2n) is 5.70. The minimum atomic E-state index is -3.06. The minimum absolute atomic E-state index is 0.0166. The molecule has 23 heavy (non-hydrogen) atoms. The van der Waals surface area contributed by atoms with Gasteiger partial charge in [-0.2, -0.15) is 9.50 Å². The molecule has 4 heterocycles. The van der Waals surface area contributed by atoms with Crippen molar-refractivity contribution in [2.75, 3.05) is 11.5 Å². The Balaban J connectivity index is 1.88. The Labute approximate surface area is 135 Å². The van der Waals surface area contributed by atoms with Crippen LogP contribution in [0.3, 0.4) is 0 Å². The Morgan fingerprint density at radius 2 is 2.22 bits per heavy atom. The fourth-order valence-corrected chi connectivity index (χ4v) is 5.47. The molecule has 120 valence electrons. The van der Waals surface area contributed by atoms with Crippen LogP contribution in [0.15, 0.2) is 22.3 Å². The van der Waals surface area contributed by atoms with Crippen molar-refractivity contribution in [2.24, 2.45) is 0 Å². The number of thiophene rings is 1. The van der Waals surface area contributed by atoms with Gasteiger partial charge >= 0.3 is 0 Å². The number of aryl methyl sites for hydroxylation is 1. The fourth-order valence-electron chi connectivity index (χ4n) is 3.05. The molecule has 1 saturated heterocycles. The third-order valence-corrected chi connectivity index (χ3v) is 6.76. The van der Waals surface area contributed by atoms with Crippen LogP contribution in [0.25, 0.3) is 16.5 Å². The molecule has 1 aliphatic heterocycles. The van der Waals surface area contributed by atoms with Crippen molar-refractivity contribution in [3.05, 3.63) is 39.1 Å². The van der Waals surface area contributed by atoms with E-state index in [0.29, 0.717) is 29.3 Å². The van der Waals surface area contributed by atoms with E-state index in [1.54, 1.807) is 6.92 Å². The first-order valence-corrected chi connectivity index (χ1v) is 9.88. The quantitative estimate of drug-likeness (QED) is 0.752. The van der Waals surface area contributed by atoms with Crippen LogP contribution in [0.4, 0.5) is 0 Å². The summed E-state index contributed by atoms with van der Waals surface area (Å²) in [5, 5.41) is 4.90. The molecule has 0 aromatic carbocycles. The number of hydrogen-bond donors (Lipinski definition) is 1. The number of fused-ring (bicyclic) bond motifs is 1. The van der Waals surface area contributed by atoms with E-state index in [1.807, 2.05) is 17.5 Å². The molecule has 7 nitrogen and oxygen atoms in total. The predicted octanol–water partition coefficient (Wildman–Crippen LogP) is 1.36. The molecule has 9 heteroatoms. The van der Waals surface area contributed by atoms with E-state index in [0.717, 1.165) is 4.88 Å². The number of aromatic amines is 1. The highest BCUT2D eigenvalue weighted by Crippen LogP contribution is 2.28. The minimum Gasteiger partial charge on any atom is -0.270 e. The van der Waals surface area contributed by atoms with Gasteiger partial charge in [0, 0.05) is 11.5 Å². The maximum Gasteiger partial charge on any atom is 0.277 e. The maximum atomic E-state index is 12.8. The van der Waals surface area contributed by atoms with Crippen LogP contribution in [0.2, 0.25) is 0 Å². The second kappa shape index (κ2) is 5.00. The Hall–Kier alpha value is -2.00. The van der Waals surface area contributed by atoms with Gasteiger partial charge in [0.1, 0.15) is 0 Å². The second-order valence-corrected chi connectivity index (χ2v) is 8.88. The standard InChI is InChI=1S/C14H14N4O3S2/c1-8-11(9-4-6-23(20,21)7-9)13(19)18-14(15-8)16-12(17-18)10-3-2-5-22-10/h2-3,5,9H,4,6-7H2,1H3,(H,15,16,17)/t9-/m1/s1. The zero-order valence-corrected chi connectivity index (χ0v) is 13.9. The molecular weight excluding hydrogens is 336 g/mol. The number of hydrogen-bond acceptors (Lipinski definition) is 6. The van der Waals surface area contributed by atoms with Crippen LogP contribution in [0.5, 0.6) is 0 Å². The zero-order valence-electron chi connectivity index (χ0n) is 12.3. The SMILES string of the molecule is Cc1nc2nc(-c3cccs3)[nH]n2c(=O)c1[C@@H]1CCS(=O)(=O)C1. The van der Waals surface area contributed by atoms with Crippen LogP contribution in [-0.4, -0.2) is 39.5 Å². The fraction of sp³-hybridized carbons (Fsp3) is 0.357. The summed E-state index contributed by atoms with van der Waals surface area (Å²) in [4.78, 5) is 22.5. The number of rotatable bonds is 2. The van der Waals surface area contributed by atoms with Gasteiger partial charge in [0.25, 0.3) is 11.3 Å². The summed E-state index contributed by atoms with van der Waals surface area (Å²) in [5.74, 6) is 0.747. The summed E-state index contributed by atoms with van der Waals surface area (Å²) >= 11 is 1.51. The van der Waals surface area contributed by atoms with Gasteiger partial charge in [0.05, 0.1) is 22.1 Å². The first-order chi connectivity index (χ1) is 10.9. The molecule has 0 bridgehead atoms. The normalized spacial score (nSPS) is 20.3. The third kappa shape index (κ3) is 2.40. The maximum absolute atomic E-state index is 12.8. The molecular formula is C14H14N4O3S2. The molecule has 1 aliphatic rings. The van der Waals surface area contributed by atoms with Gasteiger partial charge in [-0.25, -0.2) is 13.4 Å². The van der Waals surface area contributed by atoms with Crippen LogP contribution >= 0.6 is 11.3 Å². The number of nitrogens with one attached hydrogen (secondary N) is 1. The van der Waals surface area contributed by atoms with Crippen molar-refractivity contribution in [3.63, 3.8) is 0 Å². The van der Waals surface area contributed by atoms with Crippen molar-refractivity contribution in [3.8, 4) is 10.7 Å². The van der Waals surface area contributed by atoms with Crippen LogP contribution in [0.1, 0.15) is 23.6 Å². The highest BCUT2D eigenvalue weighted by Gasteiger charge is 2.33. The van der Waals surface area contributed by atoms with Gasteiger partial charge in [0.2, 0.25) is 0 Å². The molecule has 0 radical (unpaired) electrons. The van der Waals surface area contributed by atoms with Gasteiger partial charge in [0.15, 0.2) is 15.7 Å². The highest BCUT2D eigenvalue weighted by atomic mass is 32.2. The van der Waals surface area contributed by atoms with Crippen molar-refractivity contribution in [1.82, 2.24) is 19.6 Å². The molecule has 0 unspecified atom stereocenters. The van der Waals surface area contributed by atoms with E-state index >= 15 is 0 Å². The average Bonchev–Trinajstić information content (AvgIpc) is 3.17. The zero-order chi connectivity index (χ0) is 16.2. The van der Waals surface area contributed by atoms with Crippen LogP contribution in [-0.2, 0) is 9.84 Å². The summed E-state index contributed by atoms with van der Waals surface area (Å²) in [7, 11) is -3.06. The molecule has 1 N–H and O–H groups in total. The van der Waals surface area contributed by atoms with Gasteiger partial charge in [-0.15, -0.1) is 11.3 Å². The van der Waals surface area contributed by atoms with E-state index in [9.17, 15) is 13.2 Å². The summed E-state index contributed by atoms with van der Waals surface area (Å²) < 4.78 is 24.7. The Kier molecular flexibility index (Phi) is 3.17. The first-order valence-electron chi connectivity index (χ1n) is 7.18. The van der Waals surface area contributed by atoms with E-state index in [4.69, 9.17) is 0 Å². The lowest BCUT2D eigenvalue weighted by Gasteiger charge is -2.09. The van der Waals surface area contributed by atoms with Crippen molar-refractivity contribution in [2.45, 2.75) is 19.3 Å². The molecule has 4 rings (SSSR count). The van der Waals surface area contributed by atoms with E-state index in [1.165, 1.54) is 15.9 Å². The summed E-state index contributed by atoms with van der Waals surface area (Å²) in [6.45, 7) is 1.74. The van der Waals surface area contributed by atoms with Crippen molar-refractivity contribution < 1.29 is 8.42 Å². The molecule has 1 fully saturated rings. The number of H-pyrrole nitrogens is 1. The smallest absolute Gasteiger partial charge is 0.270 e. The van der Waals surface area contributed by atoms with Gasteiger partial charge in [-0.05, 0) is 24.8 Å². The Bertz CT molecular complexity index is 1050. The predicted molar refractivity (Wildman–Crippen MR) is 87.7 cm³/mol. The number of sulfone groups is 1. The Morgan fingerprint density at radius 3 is 2.87 bits per heavy atom. The average molecular weight is 350 g/mol. The lowest BCUT2D eigenvalue weighted by Crippen LogP contribution is -2.25. The topological polar surface area (TPSA) is 97.2 Å². The lowest BCUT2D eigenvalue weighted by atomic mass is 9.99. The summed E-state index contributed by atoms with van der Waals surface area (Å²) in [6.07, 6.45) is 0.470. The monoisotopic (exact) mass is 350 g/mol. The van der Waals surface area contributed by atoms with Crippen LogP contribution in [0, 0.1) is 6.92 Å². The third-order valence-electron chi connectivity index (χ3n) is 4.12. The molecule has 0 saturated carbocycles. The van der Waals surface area contributed by atoms with Gasteiger partial charge in [-0.1, -0.05) is 6.07 Å². The van der Waals surface area contributed by atoms with Crippen molar-refractivity contribution >= 4 is 27.0 Å². The molecule has 0 amide bonds. The van der Waals surface area contributed by atoms with E-state index in [-0.39, 0.29) is 23.0 Å².